The summed E-state index contributed by atoms with van der Waals surface area (Å²) >= 11 is 2.06. The lowest BCUT2D eigenvalue weighted by Crippen LogP contribution is -2.10. The highest BCUT2D eigenvalue weighted by Crippen LogP contribution is 2.39. The maximum absolute atomic E-state index is 6.13. The Hall–Kier alpha value is -1.23. The van der Waals surface area contributed by atoms with E-state index in [0.717, 1.165) is 22.0 Å². The molecule has 2 N–H and O–H groups in total. The Kier molecular flexibility index (Phi) is 3.39. The number of pyridine rings is 1. The molecule has 2 unspecified atom stereocenters. The number of nitrogens with two attached hydrogens (primary N) is 1. The molecule has 19 heavy (non-hydrogen) atoms. The number of nitrogens with zero attached hydrogens (tertiary/aromatic N) is 3. The van der Waals surface area contributed by atoms with Crippen molar-refractivity contribution in [2.45, 2.75) is 44.4 Å². The standard InChI is InChI=1S/C14H20N4S/c1-3-19-11-5-4-10(8-11)18-13-12(17-14(18)15)9(2)6-7-16-13/h6-7,10-11H,3-5,8H2,1-2H3,(H2,15,17). The second-order valence-corrected chi connectivity index (χ2v) is 6.76. The molecule has 1 fully saturated rings. The van der Waals surface area contributed by atoms with E-state index >= 15 is 0 Å². The topological polar surface area (TPSA) is 56.7 Å². The van der Waals surface area contributed by atoms with Gasteiger partial charge in [-0.1, -0.05) is 6.92 Å². The van der Waals surface area contributed by atoms with Crippen LogP contribution < -0.4 is 5.73 Å². The van der Waals surface area contributed by atoms with Gasteiger partial charge in [0.25, 0.3) is 0 Å². The van der Waals surface area contributed by atoms with Crippen molar-refractivity contribution in [1.29, 1.82) is 0 Å². The quantitative estimate of drug-likeness (QED) is 0.935. The SMILES string of the molecule is CCSC1CCC(n2c(N)nc3c(C)ccnc32)C1. The summed E-state index contributed by atoms with van der Waals surface area (Å²) in [6.07, 6.45) is 5.49. The van der Waals surface area contributed by atoms with E-state index in [-0.39, 0.29) is 0 Å². The van der Waals surface area contributed by atoms with Gasteiger partial charge in [-0.2, -0.15) is 11.8 Å². The molecule has 4 nitrogen and oxygen atoms in total. The van der Waals surface area contributed by atoms with Crippen LogP contribution in [0.4, 0.5) is 5.95 Å². The van der Waals surface area contributed by atoms with E-state index in [9.17, 15) is 0 Å². The van der Waals surface area contributed by atoms with Crippen LogP contribution in [-0.2, 0) is 0 Å². The minimum Gasteiger partial charge on any atom is -0.369 e. The maximum Gasteiger partial charge on any atom is 0.202 e. The Morgan fingerprint density at radius 2 is 2.32 bits per heavy atom. The van der Waals surface area contributed by atoms with Gasteiger partial charge in [0.2, 0.25) is 5.95 Å². The van der Waals surface area contributed by atoms with Crippen molar-refractivity contribution in [3.8, 4) is 0 Å². The number of hydrogen-bond acceptors (Lipinski definition) is 4. The second kappa shape index (κ2) is 5.04. The van der Waals surface area contributed by atoms with Crippen molar-refractivity contribution >= 4 is 28.9 Å². The molecule has 0 bridgehead atoms. The molecule has 1 aliphatic carbocycles. The summed E-state index contributed by atoms with van der Waals surface area (Å²) in [5.74, 6) is 1.80. The van der Waals surface area contributed by atoms with Crippen molar-refractivity contribution in [2.75, 3.05) is 11.5 Å². The number of aryl methyl sites for hydroxylation is 1. The van der Waals surface area contributed by atoms with Crippen molar-refractivity contribution in [1.82, 2.24) is 14.5 Å². The summed E-state index contributed by atoms with van der Waals surface area (Å²) in [5.41, 5.74) is 9.17. The van der Waals surface area contributed by atoms with Crippen molar-refractivity contribution < 1.29 is 0 Å². The normalized spacial score (nSPS) is 23.3. The third kappa shape index (κ3) is 2.20. The lowest BCUT2D eigenvalue weighted by atomic mass is 10.2. The first-order chi connectivity index (χ1) is 9.20. The van der Waals surface area contributed by atoms with Crippen LogP contribution in [0.3, 0.4) is 0 Å². The van der Waals surface area contributed by atoms with E-state index in [1.807, 2.05) is 12.3 Å². The summed E-state index contributed by atoms with van der Waals surface area (Å²) in [6.45, 7) is 4.29. The summed E-state index contributed by atoms with van der Waals surface area (Å²) in [4.78, 5) is 8.99. The van der Waals surface area contributed by atoms with Gasteiger partial charge < -0.3 is 5.73 Å². The van der Waals surface area contributed by atoms with Gasteiger partial charge in [0.1, 0.15) is 5.52 Å². The first kappa shape index (κ1) is 12.8. The predicted octanol–water partition coefficient (Wildman–Crippen LogP) is 3.17. The minimum absolute atomic E-state index is 0.461. The average molecular weight is 276 g/mol. The molecule has 0 amide bonds. The van der Waals surface area contributed by atoms with Gasteiger partial charge in [-0.05, 0) is 43.6 Å². The van der Waals surface area contributed by atoms with Crippen LogP contribution in [0.15, 0.2) is 12.3 Å². The molecular weight excluding hydrogens is 256 g/mol. The zero-order valence-corrected chi connectivity index (χ0v) is 12.3. The van der Waals surface area contributed by atoms with Gasteiger partial charge >= 0.3 is 0 Å². The van der Waals surface area contributed by atoms with Gasteiger partial charge in [0, 0.05) is 17.5 Å². The molecule has 0 saturated heterocycles. The number of anilines is 1. The lowest BCUT2D eigenvalue weighted by Gasteiger charge is -2.14. The van der Waals surface area contributed by atoms with Crippen LogP contribution >= 0.6 is 11.8 Å². The Morgan fingerprint density at radius 3 is 3.11 bits per heavy atom. The molecule has 102 valence electrons. The Labute approximate surface area is 117 Å². The molecule has 2 aromatic rings. The fourth-order valence-corrected chi connectivity index (χ4v) is 4.16. The fraction of sp³-hybridized carbons (Fsp3) is 0.571. The van der Waals surface area contributed by atoms with E-state index in [1.165, 1.54) is 25.0 Å². The molecule has 0 aromatic carbocycles. The van der Waals surface area contributed by atoms with Crippen LogP contribution in [0.5, 0.6) is 0 Å². The fourth-order valence-electron chi connectivity index (χ4n) is 3.03. The largest absolute Gasteiger partial charge is 0.369 e. The molecule has 1 aliphatic rings. The molecule has 2 atom stereocenters. The highest BCUT2D eigenvalue weighted by molar-refractivity contribution is 7.99. The molecule has 1 saturated carbocycles. The van der Waals surface area contributed by atoms with E-state index in [0.29, 0.717) is 12.0 Å². The number of rotatable bonds is 3. The molecule has 0 radical (unpaired) electrons. The smallest absolute Gasteiger partial charge is 0.202 e. The predicted molar refractivity (Wildman–Crippen MR) is 81.5 cm³/mol. The van der Waals surface area contributed by atoms with E-state index in [2.05, 4.69) is 40.1 Å². The van der Waals surface area contributed by atoms with Crippen LogP contribution in [0.1, 0.15) is 37.8 Å². The van der Waals surface area contributed by atoms with Gasteiger partial charge in [-0.25, -0.2) is 9.97 Å². The van der Waals surface area contributed by atoms with Gasteiger partial charge in [0.05, 0.1) is 0 Å². The average Bonchev–Trinajstić information content (AvgIpc) is 2.94. The van der Waals surface area contributed by atoms with Gasteiger partial charge in [-0.3, -0.25) is 4.57 Å². The lowest BCUT2D eigenvalue weighted by molar-refractivity contribution is 0.537. The first-order valence-corrected chi connectivity index (χ1v) is 7.96. The Morgan fingerprint density at radius 1 is 1.47 bits per heavy atom. The number of hydrogen-bond donors (Lipinski definition) is 1. The number of aromatic nitrogens is 3. The van der Waals surface area contributed by atoms with Gasteiger partial charge in [0.15, 0.2) is 5.65 Å². The molecular formula is C14H20N4S. The van der Waals surface area contributed by atoms with E-state index < -0.39 is 0 Å². The maximum atomic E-state index is 6.13. The van der Waals surface area contributed by atoms with Crippen LogP contribution in [0.25, 0.3) is 11.2 Å². The van der Waals surface area contributed by atoms with Crippen molar-refractivity contribution in [3.05, 3.63) is 17.8 Å². The van der Waals surface area contributed by atoms with Crippen LogP contribution in [0.2, 0.25) is 0 Å². The molecule has 0 spiro atoms. The van der Waals surface area contributed by atoms with E-state index in [1.54, 1.807) is 0 Å². The zero-order valence-electron chi connectivity index (χ0n) is 11.5. The van der Waals surface area contributed by atoms with Crippen molar-refractivity contribution in [3.63, 3.8) is 0 Å². The number of nitrogen functional groups attached to an aromatic ring is 1. The molecule has 0 aliphatic heterocycles. The Balaban J connectivity index is 1.97. The number of fused-ring (bicyclic) bond motifs is 1. The van der Waals surface area contributed by atoms with Crippen molar-refractivity contribution in [2.24, 2.45) is 0 Å². The summed E-state index contributed by atoms with van der Waals surface area (Å²) in [7, 11) is 0. The molecule has 5 heteroatoms. The summed E-state index contributed by atoms with van der Waals surface area (Å²) in [5, 5.41) is 0.761. The van der Waals surface area contributed by atoms with Crippen LogP contribution in [-0.4, -0.2) is 25.5 Å². The second-order valence-electron chi connectivity index (χ2n) is 5.18. The zero-order chi connectivity index (χ0) is 13.4. The third-order valence-electron chi connectivity index (χ3n) is 3.93. The molecule has 3 rings (SSSR count). The summed E-state index contributed by atoms with van der Waals surface area (Å²) in [6, 6.07) is 2.45. The third-order valence-corrected chi connectivity index (χ3v) is 5.17. The number of imidazole rings is 1. The van der Waals surface area contributed by atoms with Crippen LogP contribution in [0, 0.1) is 6.92 Å². The highest BCUT2D eigenvalue weighted by Gasteiger charge is 2.28. The van der Waals surface area contributed by atoms with E-state index in [4.69, 9.17) is 5.73 Å². The molecule has 2 aromatic heterocycles. The molecule has 2 heterocycles. The monoisotopic (exact) mass is 276 g/mol. The summed E-state index contributed by atoms with van der Waals surface area (Å²) < 4.78 is 2.15. The number of thioether (sulfide) groups is 1. The van der Waals surface area contributed by atoms with Gasteiger partial charge in [-0.15, -0.1) is 0 Å². The first-order valence-electron chi connectivity index (χ1n) is 6.91. The Bertz CT molecular complexity index is 592. The minimum atomic E-state index is 0.461. The highest BCUT2D eigenvalue weighted by atomic mass is 32.2.